The Labute approximate surface area is 143 Å². The van der Waals surface area contributed by atoms with Gasteiger partial charge < -0.3 is 4.90 Å². The van der Waals surface area contributed by atoms with Crippen molar-refractivity contribution in [2.75, 3.05) is 30.8 Å². The largest absolute Gasteiger partial charge is 0.356 e. The first kappa shape index (κ1) is 16.5. The average molecular weight is 331 g/mol. The number of hydrogen-bond donors (Lipinski definition) is 1. The van der Waals surface area contributed by atoms with Crippen molar-refractivity contribution in [1.29, 1.82) is 0 Å². The molecule has 0 bridgehead atoms. The summed E-state index contributed by atoms with van der Waals surface area (Å²) in [7, 11) is 0. The molecule has 23 heavy (non-hydrogen) atoms. The van der Waals surface area contributed by atoms with Crippen molar-refractivity contribution < 1.29 is 0 Å². The summed E-state index contributed by atoms with van der Waals surface area (Å²) in [5, 5.41) is 1.18. The van der Waals surface area contributed by atoms with Gasteiger partial charge in [-0.3, -0.25) is 4.72 Å². The second-order valence-corrected chi connectivity index (χ2v) is 7.28. The van der Waals surface area contributed by atoms with Crippen molar-refractivity contribution in [3.05, 3.63) is 30.1 Å². The molecule has 2 aromatic rings. The minimum atomic E-state index is 0.345. The van der Waals surface area contributed by atoms with E-state index in [1.54, 1.807) is 11.9 Å². The molecule has 1 saturated heterocycles. The molecule has 124 valence electrons. The summed E-state index contributed by atoms with van der Waals surface area (Å²) in [6.07, 6.45) is 4.62. The molecule has 1 aliphatic rings. The van der Waals surface area contributed by atoms with Crippen LogP contribution in [0.25, 0.3) is 10.9 Å². The Bertz CT molecular complexity index is 659. The van der Waals surface area contributed by atoms with Gasteiger partial charge in [0.1, 0.15) is 11.6 Å². The molecule has 1 fully saturated rings. The molecule has 0 aliphatic carbocycles. The number of nitrogens with one attached hydrogen (secondary N) is 1. The number of para-hydroxylation sites is 1. The first-order valence-electron chi connectivity index (χ1n) is 8.46. The van der Waals surface area contributed by atoms with Crippen LogP contribution in [0.15, 0.2) is 24.3 Å². The van der Waals surface area contributed by atoms with Gasteiger partial charge in [-0.05, 0) is 37.1 Å². The van der Waals surface area contributed by atoms with Crippen molar-refractivity contribution in [2.24, 2.45) is 5.92 Å². The SMILES string of the molecule is CSNCC1CCCN(c2nc(C(C)C)nc3ccccc23)C1. The van der Waals surface area contributed by atoms with Gasteiger partial charge in [-0.2, -0.15) is 0 Å². The van der Waals surface area contributed by atoms with Crippen LogP contribution in [-0.4, -0.2) is 35.9 Å². The Morgan fingerprint density at radius 1 is 1.30 bits per heavy atom. The third-order valence-electron chi connectivity index (χ3n) is 4.45. The highest BCUT2D eigenvalue weighted by Gasteiger charge is 2.23. The summed E-state index contributed by atoms with van der Waals surface area (Å²) in [4.78, 5) is 12.1. The van der Waals surface area contributed by atoms with E-state index in [0.29, 0.717) is 11.8 Å². The Kier molecular flexibility index (Phi) is 5.38. The number of benzene rings is 1. The van der Waals surface area contributed by atoms with Gasteiger partial charge in [0.15, 0.2) is 0 Å². The fourth-order valence-electron chi connectivity index (χ4n) is 3.20. The van der Waals surface area contributed by atoms with E-state index >= 15 is 0 Å². The lowest BCUT2D eigenvalue weighted by Gasteiger charge is -2.34. The lowest BCUT2D eigenvalue weighted by molar-refractivity contribution is 0.414. The van der Waals surface area contributed by atoms with Crippen LogP contribution < -0.4 is 9.62 Å². The predicted molar refractivity (Wildman–Crippen MR) is 100 cm³/mol. The van der Waals surface area contributed by atoms with Gasteiger partial charge in [-0.1, -0.05) is 37.9 Å². The van der Waals surface area contributed by atoms with Crippen LogP contribution in [0.4, 0.5) is 5.82 Å². The topological polar surface area (TPSA) is 41.0 Å². The van der Waals surface area contributed by atoms with Crippen LogP contribution in [0.3, 0.4) is 0 Å². The van der Waals surface area contributed by atoms with Gasteiger partial charge in [0.25, 0.3) is 0 Å². The molecular weight excluding hydrogens is 304 g/mol. The summed E-state index contributed by atoms with van der Waals surface area (Å²) in [6.45, 7) is 7.56. The highest BCUT2D eigenvalue weighted by Crippen LogP contribution is 2.29. The molecule has 0 radical (unpaired) electrons. The van der Waals surface area contributed by atoms with Gasteiger partial charge in [-0.25, -0.2) is 9.97 Å². The maximum absolute atomic E-state index is 4.93. The minimum Gasteiger partial charge on any atom is -0.356 e. The van der Waals surface area contributed by atoms with Crippen molar-refractivity contribution in [2.45, 2.75) is 32.6 Å². The summed E-state index contributed by atoms with van der Waals surface area (Å²) in [5.41, 5.74) is 1.06. The van der Waals surface area contributed by atoms with Crippen LogP contribution in [-0.2, 0) is 0 Å². The van der Waals surface area contributed by atoms with E-state index in [1.165, 1.54) is 18.2 Å². The minimum absolute atomic E-state index is 0.345. The molecule has 0 amide bonds. The van der Waals surface area contributed by atoms with Crippen LogP contribution in [0.5, 0.6) is 0 Å². The normalized spacial score (nSPS) is 18.8. The zero-order valence-electron chi connectivity index (χ0n) is 14.2. The molecule has 4 nitrogen and oxygen atoms in total. The van der Waals surface area contributed by atoms with E-state index in [-0.39, 0.29) is 0 Å². The quantitative estimate of drug-likeness (QED) is 0.844. The molecule has 1 aliphatic heterocycles. The number of nitrogens with zero attached hydrogens (tertiary/aromatic N) is 3. The summed E-state index contributed by atoms with van der Waals surface area (Å²) in [5.74, 6) is 3.10. The fraction of sp³-hybridized carbons (Fsp3) is 0.556. The lowest BCUT2D eigenvalue weighted by Crippen LogP contribution is -2.39. The van der Waals surface area contributed by atoms with E-state index in [9.17, 15) is 0 Å². The number of aromatic nitrogens is 2. The third kappa shape index (κ3) is 3.78. The highest BCUT2D eigenvalue weighted by molar-refractivity contribution is 7.96. The van der Waals surface area contributed by atoms with Crippen molar-refractivity contribution >= 4 is 28.7 Å². The van der Waals surface area contributed by atoms with Gasteiger partial charge in [-0.15, -0.1) is 0 Å². The van der Waals surface area contributed by atoms with E-state index in [4.69, 9.17) is 9.97 Å². The number of hydrogen-bond acceptors (Lipinski definition) is 5. The van der Waals surface area contributed by atoms with Gasteiger partial charge in [0.05, 0.1) is 5.52 Å². The number of fused-ring (bicyclic) bond motifs is 1. The Hall–Kier alpha value is -1.33. The molecule has 1 aromatic heterocycles. The van der Waals surface area contributed by atoms with Gasteiger partial charge in [0.2, 0.25) is 0 Å². The number of piperidine rings is 1. The van der Waals surface area contributed by atoms with E-state index < -0.39 is 0 Å². The van der Waals surface area contributed by atoms with E-state index in [1.807, 2.05) is 0 Å². The number of rotatable bonds is 5. The Balaban J connectivity index is 1.94. The van der Waals surface area contributed by atoms with Crippen LogP contribution in [0.2, 0.25) is 0 Å². The standard InChI is InChI=1S/C18H26N4S/c1-13(2)17-20-16-9-5-4-8-15(16)18(21-17)22-10-6-7-14(12-22)11-19-23-3/h4-5,8-9,13-14,19H,6-7,10-12H2,1-3H3. The third-order valence-corrected chi connectivity index (χ3v) is 4.91. The maximum Gasteiger partial charge on any atom is 0.140 e. The van der Waals surface area contributed by atoms with Crippen LogP contribution >= 0.6 is 11.9 Å². The van der Waals surface area contributed by atoms with E-state index in [2.05, 4.69) is 54.0 Å². The summed E-state index contributed by atoms with van der Waals surface area (Å²) in [6, 6.07) is 8.40. The van der Waals surface area contributed by atoms with Crippen LogP contribution in [0.1, 0.15) is 38.4 Å². The van der Waals surface area contributed by atoms with Gasteiger partial charge in [0, 0.05) is 30.9 Å². The summed E-state index contributed by atoms with van der Waals surface area (Å²) < 4.78 is 3.41. The van der Waals surface area contributed by atoms with Crippen molar-refractivity contribution in [1.82, 2.24) is 14.7 Å². The Morgan fingerprint density at radius 3 is 2.91 bits per heavy atom. The molecule has 2 heterocycles. The molecule has 0 spiro atoms. The Morgan fingerprint density at radius 2 is 2.13 bits per heavy atom. The molecule has 1 atom stereocenters. The fourth-order valence-corrected chi connectivity index (χ4v) is 3.60. The smallest absolute Gasteiger partial charge is 0.140 e. The lowest BCUT2D eigenvalue weighted by atomic mass is 9.98. The molecular formula is C18H26N4S. The van der Waals surface area contributed by atoms with Crippen molar-refractivity contribution in [3.8, 4) is 0 Å². The zero-order chi connectivity index (χ0) is 16.2. The first-order chi connectivity index (χ1) is 11.2. The molecule has 1 aromatic carbocycles. The predicted octanol–water partition coefficient (Wildman–Crippen LogP) is 3.84. The molecule has 5 heteroatoms. The maximum atomic E-state index is 4.93. The average Bonchev–Trinajstić information content (AvgIpc) is 2.59. The van der Waals surface area contributed by atoms with Gasteiger partial charge >= 0.3 is 0 Å². The van der Waals surface area contributed by atoms with Crippen molar-refractivity contribution in [3.63, 3.8) is 0 Å². The van der Waals surface area contributed by atoms with E-state index in [0.717, 1.165) is 36.8 Å². The number of anilines is 1. The highest BCUT2D eigenvalue weighted by atomic mass is 32.2. The second-order valence-electron chi connectivity index (χ2n) is 6.58. The molecule has 3 rings (SSSR count). The monoisotopic (exact) mass is 330 g/mol. The molecule has 0 saturated carbocycles. The second kappa shape index (κ2) is 7.49. The molecule has 1 unspecified atom stereocenters. The van der Waals surface area contributed by atoms with Crippen LogP contribution in [0, 0.1) is 5.92 Å². The first-order valence-corrected chi connectivity index (χ1v) is 9.69. The summed E-state index contributed by atoms with van der Waals surface area (Å²) >= 11 is 1.71. The molecule has 1 N–H and O–H groups in total. The zero-order valence-corrected chi connectivity index (χ0v) is 15.1.